The van der Waals surface area contributed by atoms with Gasteiger partial charge in [0.05, 0.1) is 0 Å². The van der Waals surface area contributed by atoms with Crippen LogP contribution in [0.25, 0.3) is 0 Å². The van der Waals surface area contributed by atoms with Crippen LogP contribution < -0.4 is 0 Å². The first-order valence-electron chi connectivity index (χ1n) is 11.6. The minimum atomic E-state index is -0.631. The first-order chi connectivity index (χ1) is 14.8. The second kappa shape index (κ2) is 7.61. The van der Waals surface area contributed by atoms with Crippen LogP contribution in [-0.2, 0) is 4.79 Å². The molecule has 4 bridgehead atoms. The van der Waals surface area contributed by atoms with Crippen LogP contribution in [0.5, 0.6) is 17.2 Å². The zero-order valence-corrected chi connectivity index (χ0v) is 17.9. The quantitative estimate of drug-likeness (QED) is 0.643. The predicted molar refractivity (Wildman–Crippen MR) is 114 cm³/mol. The molecule has 5 aliphatic rings. The van der Waals surface area contributed by atoms with Crippen molar-refractivity contribution in [3.05, 3.63) is 17.7 Å². The van der Waals surface area contributed by atoms with Crippen molar-refractivity contribution >= 4 is 11.8 Å². The highest BCUT2D eigenvalue weighted by molar-refractivity contribution is 5.95. The van der Waals surface area contributed by atoms with Crippen LogP contribution in [0, 0.1) is 23.2 Å². The van der Waals surface area contributed by atoms with Gasteiger partial charge in [-0.25, -0.2) is 0 Å². The van der Waals surface area contributed by atoms with Crippen LogP contribution in [0.2, 0.25) is 0 Å². The Kier molecular flexibility index (Phi) is 5.02. The van der Waals surface area contributed by atoms with E-state index in [0.717, 1.165) is 29.9 Å². The number of phenolic OH excluding ortho intramolecular Hbond substituents is 3. The van der Waals surface area contributed by atoms with Crippen molar-refractivity contribution in [2.24, 2.45) is 23.2 Å². The number of aromatic hydroxyl groups is 3. The number of carbonyl (C=O) groups excluding carboxylic acids is 2. The van der Waals surface area contributed by atoms with Crippen molar-refractivity contribution in [2.75, 3.05) is 26.2 Å². The normalized spacial score (nSPS) is 32.2. The monoisotopic (exact) mass is 428 g/mol. The third-order valence-corrected chi connectivity index (χ3v) is 8.14. The molecule has 7 heteroatoms. The maximum Gasteiger partial charge on any atom is 0.254 e. The zero-order chi connectivity index (χ0) is 21.8. The van der Waals surface area contributed by atoms with Crippen molar-refractivity contribution in [3.8, 4) is 17.2 Å². The SMILES string of the molecule is O=C(CC12CC3CC(CC(C3)C1)C2)N1CCCN(C(=O)c2cc(O)c(O)c(O)c2)CC1. The summed E-state index contributed by atoms with van der Waals surface area (Å²) in [5.74, 6) is 0.723. The Morgan fingerprint density at radius 2 is 1.35 bits per heavy atom. The smallest absolute Gasteiger partial charge is 0.254 e. The molecule has 1 aliphatic heterocycles. The molecule has 0 spiro atoms. The first-order valence-corrected chi connectivity index (χ1v) is 11.6. The van der Waals surface area contributed by atoms with Gasteiger partial charge in [0.15, 0.2) is 17.2 Å². The van der Waals surface area contributed by atoms with Gasteiger partial charge in [0, 0.05) is 38.2 Å². The molecule has 1 saturated heterocycles. The lowest BCUT2D eigenvalue weighted by Crippen LogP contribution is -2.48. The van der Waals surface area contributed by atoms with Crippen LogP contribution >= 0.6 is 0 Å². The van der Waals surface area contributed by atoms with Crippen LogP contribution in [0.15, 0.2) is 12.1 Å². The fourth-order valence-corrected chi connectivity index (χ4v) is 7.22. The number of amides is 2. The molecule has 0 unspecified atom stereocenters. The van der Waals surface area contributed by atoms with Crippen molar-refractivity contribution < 1.29 is 24.9 Å². The second-order valence-electron chi connectivity index (χ2n) is 10.5. The largest absolute Gasteiger partial charge is 0.504 e. The molecule has 4 aliphatic carbocycles. The maximum atomic E-state index is 13.2. The van der Waals surface area contributed by atoms with E-state index in [-0.39, 0.29) is 22.8 Å². The molecule has 5 fully saturated rings. The van der Waals surface area contributed by atoms with Crippen LogP contribution in [0.1, 0.15) is 61.7 Å². The number of phenols is 3. The first kappa shape index (κ1) is 20.5. The molecular formula is C24H32N2O5. The van der Waals surface area contributed by atoms with E-state index in [1.807, 2.05) is 4.90 Å². The number of hydrogen-bond donors (Lipinski definition) is 3. The Balaban J connectivity index is 1.22. The molecular weight excluding hydrogens is 396 g/mol. The summed E-state index contributed by atoms with van der Waals surface area (Å²) in [4.78, 5) is 29.7. The van der Waals surface area contributed by atoms with E-state index in [0.29, 0.717) is 39.0 Å². The Hall–Kier alpha value is -2.44. The Labute approximate surface area is 182 Å². The summed E-state index contributed by atoms with van der Waals surface area (Å²) in [6.45, 7) is 2.10. The van der Waals surface area contributed by atoms with Gasteiger partial charge in [0.25, 0.3) is 5.91 Å². The number of benzene rings is 1. The third kappa shape index (κ3) is 3.83. The van der Waals surface area contributed by atoms with Crippen molar-refractivity contribution in [2.45, 2.75) is 51.4 Å². The highest BCUT2D eigenvalue weighted by atomic mass is 16.3. The summed E-state index contributed by atoms with van der Waals surface area (Å²) in [5.41, 5.74) is 0.343. The highest BCUT2D eigenvalue weighted by Gasteiger charge is 2.51. The van der Waals surface area contributed by atoms with Crippen molar-refractivity contribution in [1.29, 1.82) is 0 Å². The minimum Gasteiger partial charge on any atom is -0.504 e. The molecule has 168 valence electrons. The van der Waals surface area contributed by atoms with E-state index in [1.165, 1.54) is 38.5 Å². The van der Waals surface area contributed by atoms with E-state index in [9.17, 15) is 24.9 Å². The topological polar surface area (TPSA) is 101 Å². The number of carbonyl (C=O) groups is 2. The standard InChI is InChI=1S/C24H32N2O5/c27-19-9-18(10-20(28)22(19)30)23(31)26-3-1-2-25(4-5-26)21(29)14-24-11-15-6-16(12-24)8-17(7-15)13-24/h9-10,15-17,27-28,30H,1-8,11-14H2. The molecule has 4 saturated carbocycles. The number of hydrogen-bond acceptors (Lipinski definition) is 5. The molecule has 1 heterocycles. The molecule has 1 aromatic carbocycles. The molecule has 3 N–H and O–H groups in total. The van der Waals surface area contributed by atoms with Crippen LogP contribution in [0.4, 0.5) is 0 Å². The summed E-state index contributed by atoms with van der Waals surface area (Å²) in [5, 5.41) is 28.9. The maximum absolute atomic E-state index is 13.2. The Morgan fingerprint density at radius 1 is 0.839 bits per heavy atom. The third-order valence-electron chi connectivity index (χ3n) is 8.14. The number of rotatable bonds is 3. The Morgan fingerprint density at radius 3 is 1.94 bits per heavy atom. The van der Waals surface area contributed by atoms with Gasteiger partial charge >= 0.3 is 0 Å². The summed E-state index contributed by atoms with van der Waals surface area (Å²) in [7, 11) is 0. The highest BCUT2D eigenvalue weighted by Crippen LogP contribution is 2.61. The van der Waals surface area contributed by atoms with Gasteiger partial charge in [-0.05, 0) is 80.2 Å². The molecule has 0 atom stereocenters. The van der Waals surface area contributed by atoms with E-state index < -0.39 is 17.2 Å². The van der Waals surface area contributed by atoms with Crippen molar-refractivity contribution in [3.63, 3.8) is 0 Å². The molecule has 0 radical (unpaired) electrons. The average molecular weight is 429 g/mol. The fraction of sp³-hybridized carbons (Fsp3) is 0.667. The lowest BCUT2D eigenvalue weighted by Gasteiger charge is -2.57. The fourth-order valence-electron chi connectivity index (χ4n) is 7.22. The van der Waals surface area contributed by atoms with E-state index >= 15 is 0 Å². The van der Waals surface area contributed by atoms with Gasteiger partial charge in [-0.15, -0.1) is 0 Å². The van der Waals surface area contributed by atoms with Gasteiger partial charge in [-0.1, -0.05) is 0 Å². The van der Waals surface area contributed by atoms with E-state index in [2.05, 4.69) is 0 Å². The van der Waals surface area contributed by atoms with Crippen LogP contribution in [0.3, 0.4) is 0 Å². The zero-order valence-electron chi connectivity index (χ0n) is 17.9. The summed E-state index contributed by atoms with van der Waals surface area (Å²) >= 11 is 0. The molecule has 31 heavy (non-hydrogen) atoms. The molecule has 2 amide bonds. The molecule has 7 nitrogen and oxygen atoms in total. The van der Waals surface area contributed by atoms with E-state index in [4.69, 9.17) is 0 Å². The van der Waals surface area contributed by atoms with Gasteiger partial charge in [-0.3, -0.25) is 9.59 Å². The van der Waals surface area contributed by atoms with Gasteiger partial charge in [0.2, 0.25) is 5.91 Å². The number of nitrogens with zero attached hydrogens (tertiary/aromatic N) is 2. The van der Waals surface area contributed by atoms with Gasteiger partial charge in [-0.2, -0.15) is 0 Å². The average Bonchev–Trinajstić information content (AvgIpc) is 2.96. The van der Waals surface area contributed by atoms with Gasteiger partial charge < -0.3 is 25.1 Å². The predicted octanol–water partition coefficient (Wildman–Crippen LogP) is 3.08. The lowest BCUT2D eigenvalue weighted by molar-refractivity contribution is -0.139. The molecule has 0 aromatic heterocycles. The molecule has 6 rings (SSSR count). The lowest BCUT2D eigenvalue weighted by atomic mass is 9.49. The summed E-state index contributed by atoms with van der Waals surface area (Å²) < 4.78 is 0. The van der Waals surface area contributed by atoms with Crippen LogP contribution in [-0.4, -0.2) is 63.1 Å². The van der Waals surface area contributed by atoms with Gasteiger partial charge in [0.1, 0.15) is 0 Å². The Bertz CT molecular complexity index is 840. The van der Waals surface area contributed by atoms with E-state index in [1.54, 1.807) is 4.90 Å². The second-order valence-corrected chi connectivity index (χ2v) is 10.5. The van der Waals surface area contributed by atoms with Crippen molar-refractivity contribution in [1.82, 2.24) is 9.80 Å². The summed E-state index contributed by atoms with van der Waals surface area (Å²) in [6.07, 6.45) is 9.13. The molecule has 1 aromatic rings. The summed E-state index contributed by atoms with van der Waals surface area (Å²) in [6, 6.07) is 2.33. The minimum absolute atomic E-state index is 0.126.